The van der Waals surface area contributed by atoms with Crippen LogP contribution in [0, 0.1) is 6.92 Å². The molecular formula is C21H28N4O2. The predicted molar refractivity (Wildman–Crippen MR) is 105 cm³/mol. The third-order valence-corrected chi connectivity index (χ3v) is 5.79. The summed E-state index contributed by atoms with van der Waals surface area (Å²) < 4.78 is 2.06. The Morgan fingerprint density at radius 1 is 1.30 bits per heavy atom. The first-order valence-corrected chi connectivity index (χ1v) is 9.79. The second-order valence-corrected chi connectivity index (χ2v) is 8.16. The van der Waals surface area contributed by atoms with Crippen LogP contribution in [0.4, 0.5) is 5.82 Å². The van der Waals surface area contributed by atoms with Gasteiger partial charge >= 0.3 is 0 Å². The monoisotopic (exact) mass is 368 g/mol. The van der Waals surface area contributed by atoms with Gasteiger partial charge in [0.05, 0.1) is 11.7 Å². The number of aromatic hydroxyl groups is 1. The second-order valence-electron chi connectivity index (χ2n) is 8.16. The molecule has 2 heterocycles. The number of phenolic OH excluding ortho intramolecular Hbond substituents is 1. The lowest BCUT2D eigenvalue weighted by molar-refractivity contribution is -0.116. The van der Waals surface area contributed by atoms with Crippen LogP contribution in [0.1, 0.15) is 66.4 Å². The molecule has 0 saturated heterocycles. The Bertz CT molecular complexity index is 865. The minimum absolute atomic E-state index is 0.0228. The highest BCUT2D eigenvalue weighted by molar-refractivity contribution is 5.94. The van der Waals surface area contributed by atoms with Crippen molar-refractivity contribution < 1.29 is 9.90 Å². The average Bonchev–Trinajstić information content (AvgIpc) is 3.24. The van der Waals surface area contributed by atoms with E-state index in [1.807, 2.05) is 38.1 Å². The molecule has 2 N–H and O–H groups in total. The van der Waals surface area contributed by atoms with E-state index in [9.17, 15) is 9.90 Å². The quantitative estimate of drug-likeness (QED) is 0.866. The van der Waals surface area contributed by atoms with Crippen LogP contribution in [0.5, 0.6) is 5.75 Å². The number of carbonyl (C=O) groups excluding carboxylic acids is 1. The molecule has 27 heavy (non-hydrogen) atoms. The van der Waals surface area contributed by atoms with E-state index in [1.54, 1.807) is 6.07 Å². The van der Waals surface area contributed by atoms with E-state index in [1.165, 1.54) is 12.8 Å². The fourth-order valence-electron chi connectivity index (χ4n) is 4.56. The van der Waals surface area contributed by atoms with Gasteiger partial charge in [-0.15, -0.1) is 0 Å². The van der Waals surface area contributed by atoms with Gasteiger partial charge < -0.3 is 15.3 Å². The van der Waals surface area contributed by atoms with Gasteiger partial charge in [-0.05, 0) is 45.5 Å². The van der Waals surface area contributed by atoms with Gasteiger partial charge in [0, 0.05) is 30.0 Å². The summed E-state index contributed by atoms with van der Waals surface area (Å²) in [5.41, 5.74) is 4.06. The van der Waals surface area contributed by atoms with E-state index in [0.717, 1.165) is 41.0 Å². The van der Waals surface area contributed by atoms with E-state index in [2.05, 4.69) is 10.00 Å². The summed E-state index contributed by atoms with van der Waals surface area (Å²) in [6.07, 6.45) is 5.11. The van der Waals surface area contributed by atoms with E-state index < -0.39 is 0 Å². The number of benzene rings is 1. The maximum atomic E-state index is 12.5. The minimum atomic E-state index is -0.0228. The molecule has 1 aliphatic heterocycles. The molecule has 4 rings (SSSR count). The molecular weight excluding hydrogens is 340 g/mol. The number of anilines is 1. The predicted octanol–water partition coefficient (Wildman–Crippen LogP) is 3.55. The van der Waals surface area contributed by atoms with Crippen LogP contribution in [0.15, 0.2) is 18.2 Å². The lowest BCUT2D eigenvalue weighted by atomic mass is 9.85. The summed E-state index contributed by atoms with van der Waals surface area (Å²) in [6, 6.07) is 6.11. The zero-order valence-electron chi connectivity index (χ0n) is 16.3. The Kier molecular flexibility index (Phi) is 4.68. The molecule has 1 unspecified atom stereocenters. The summed E-state index contributed by atoms with van der Waals surface area (Å²) >= 11 is 0. The van der Waals surface area contributed by atoms with Gasteiger partial charge in [-0.25, -0.2) is 4.68 Å². The Morgan fingerprint density at radius 3 is 2.74 bits per heavy atom. The van der Waals surface area contributed by atoms with Crippen molar-refractivity contribution in [1.82, 2.24) is 14.7 Å². The van der Waals surface area contributed by atoms with Crippen LogP contribution in [0.25, 0.3) is 0 Å². The number of nitrogens with one attached hydrogen (secondary N) is 1. The van der Waals surface area contributed by atoms with Crippen molar-refractivity contribution in [2.24, 2.45) is 0 Å². The minimum Gasteiger partial charge on any atom is -0.508 e. The molecule has 0 radical (unpaired) electrons. The topological polar surface area (TPSA) is 70.4 Å². The van der Waals surface area contributed by atoms with Crippen LogP contribution in [0.3, 0.4) is 0 Å². The Hall–Kier alpha value is -2.34. The number of phenols is 1. The molecule has 0 bridgehead atoms. The first kappa shape index (κ1) is 18.0. The first-order valence-electron chi connectivity index (χ1n) is 9.79. The molecule has 1 fully saturated rings. The number of rotatable bonds is 4. The summed E-state index contributed by atoms with van der Waals surface area (Å²) in [5.74, 6) is 1.19. The van der Waals surface area contributed by atoms with Crippen LogP contribution in [-0.2, 0) is 11.3 Å². The van der Waals surface area contributed by atoms with Crippen molar-refractivity contribution in [3.63, 3.8) is 0 Å². The van der Waals surface area contributed by atoms with Crippen molar-refractivity contribution >= 4 is 11.7 Å². The fraction of sp³-hybridized carbons (Fsp3) is 0.524. The lowest BCUT2D eigenvalue weighted by Crippen LogP contribution is -2.26. The Morgan fingerprint density at radius 2 is 2.04 bits per heavy atom. The van der Waals surface area contributed by atoms with Gasteiger partial charge in [0.15, 0.2) is 0 Å². The molecule has 1 aromatic carbocycles. The van der Waals surface area contributed by atoms with E-state index >= 15 is 0 Å². The van der Waals surface area contributed by atoms with Crippen LogP contribution in [0.2, 0.25) is 0 Å². The zero-order chi connectivity index (χ0) is 19.1. The largest absolute Gasteiger partial charge is 0.508 e. The van der Waals surface area contributed by atoms with Crippen LogP contribution < -0.4 is 5.32 Å². The van der Waals surface area contributed by atoms with Gasteiger partial charge in [0.25, 0.3) is 0 Å². The molecule has 1 aromatic heterocycles. The van der Waals surface area contributed by atoms with Gasteiger partial charge in [0.1, 0.15) is 11.6 Å². The number of carbonyl (C=O) groups is 1. The zero-order valence-corrected chi connectivity index (χ0v) is 16.3. The normalized spacial score (nSPS) is 20.1. The summed E-state index contributed by atoms with van der Waals surface area (Å²) in [7, 11) is 3.96. The molecule has 2 aromatic rings. The molecule has 1 atom stereocenters. The maximum Gasteiger partial charge on any atom is 0.226 e. The summed E-state index contributed by atoms with van der Waals surface area (Å²) in [6.45, 7) is 2.70. The number of aromatic nitrogens is 2. The average molecular weight is 368 g/mol. The van der Waals surface area contributed by atoms with Crippen molar-refractivity contribution in [3.8, 4) is 5.75 Å². The third kappa shape index (κ3) is 3.34. The number of fused-ring (bicyclic) bond motifs is 1. The van der Waals surface area contributed by atoms with E-state index in [4.69, 9.17) is 5.10 Å². The molecule has 6 heteroatoms. The smallest absolute Gasteiger partial charge is 0.226 e. The summed E-state index contributed by atoms with van der Waals surface area (Å²) in [4.78, 5) is 14.5. The van der Waals surface area contributed by atoms with Gasteiger partial charge in [0.2, 0.25) is 5.91 Å². The Balaban J connectivity index is 1.77. The van der Waals surface area contributed by atoms with Gasteiger partial charge in [-0.2, -0.15) is 5.10 Å². The number of nitrogens with zero attached hydrogens (tertiary/aromatic N) is 3. The Labute approximate surface area is 160 Å². The van der Waals surface area contributed by atoms with E-state index in [-0.39, 0.29) is 11.8 Å². The number of hydrogen-bond acceptors (Lipinski definition) is 4. The highest BCUT2D eigenvalue weighted by atomic mass is 16.3. The van der Waals surface area contributed by atoms with E-state index in [0.29, 0.717) is 24.8 Å². The van der Waals surface area contributed by atoms with Crippen LogP contribution in [-0.4, -0.2) is 39.8 Å². The van der Waals surface area contributed by atoms with Gasteiger partial charge in [-0.3, -0.25) is 4.79 Å². The number of amides is 1. The molecule has 1 aliphatic carbocycles. The van der Waals surface area contributed by atoms with Crippen LogP contribution >= 0.6 is 0 Å². The molecule has 1 saturated carbocycles. The van der Waals surface area contributed by atoms with Crippen molar-refractivity contribution in [1.29, 1.82) is 0 Å². The standard InChI is InChI=1S/C21H28N4O2/c1-13-20-17(14-8-9-18(26)15(10-14)12-24(2)3)11-19(27)22-21(20)25(23-13)16-6-4-5-7-16/h8-10,16-17,26H,4-7,11-12H2,1-3H3,(H,22,27). The SMILES string of the molecule is Cc1nn(C2CCCC2)c2c1C(c1ccc(O)c(CN(C)C)c1)CC(=O)N2. The summed E-state index contributed by atoms with van der Waals surface area (Å²) in [5, 5.41) is 18.1. The second kappa shape index (κ2) is 7.00. The first-order chi connectivity index (χ1) is 12.9. The highest BCUT2D eigenvalue weighted by Gasteiger charge is 2.34. The van der Waals surface area contributed by atoms with Crippen molar-refractivity contribution in [2.45, 2.75) is 57.5 Å². The molecule has 6 nitrogen and oxygen atoms in total. The number of aryl methyl sites for hydroxylation is 1. The molecule has 144 valence electrons. The highest BCUT2D eigenvalue weighted by Crippen LogP contribution is 2.43. The molecule has 1 amide bonds. The molecule has 0 spiro atoms. The van der Waals surface area contributed by atoms with Crippen molar-refractivity contribution in [3.05, 3.63) is 40.6 Å². The molecule has 2 aliphatic rings. The maximum absolute atomic E-state index is 12.5. The fourth-order valence-corrected chi connectivity index (χ4v) is 4.56. The number of hydrogen-bond donors (Lipinski definition) is 2. The van der Waals surface area contributed by atoms with Gasteiger partial charge in [-0.1, -0.05) is 25.0 Å². The lowest BCUT2D eigenvalue weighted by Gasteiger charge is -2.26. The van der Waals surface area contributed by atoms with Crippen molar-refractivity contribution in [2.75, 3.05) is 19.4 Å². The third-order valence-electron chi connectivity index (χ3n) is 5.79.